The van der Waals surface area contributed by atoms with E-state index in [0.29, 0.717) is 22.0 Å². The molecular formula is C19H11ClFN5O2. The van der Waals surface area contributed by atoms with Gasteiger partial charge in [-0.2, -0.15) is 0 Å². The van der Waals surface area contributed by atoms with Gasteiger partial charge in [-0.05, 0) is 24.3 Å². The van der Waals surface area contributed by atoms with Crippen LogP contribution in [0.1, 0.15) is 10.4 Å². The molecule has 1 N–H and O–H groups in total. The summed E-state index contributed by atoms with van der Waals surface area (Å²) in [7, 11) is 0. The number of pyridine rings is 1. The standard InChI is InChI=1S/C19H11ClFN5O2/c20-14-2-1-11(17-8-23-10-28-17)5-13(14)16-7-25-18(9-24-16)26-19(27)12-3-4-22-6-15(12)21/h1-10H,(H,25,26,27). The Balaban J connectivity index is 1.58. The Morgan fingerprint density at radius 3 is 2.68 bits per heavy atom. The number of nitrogens with zero attached hydrogens (tertiary/aromatic N) is 4. The topological polar surface area (TPSA) is 93.8 Å². The number of hydrogen-bond donors (Lipinski definition) is 1. The van der Waals surface area contributed by atoms with Crippen LogP contribution in [0, 0.1) is 5.82 Å². The molecule has 0 aliphatic heterocycles. The van der Waals surface area contributed by atoms with E-state index in [1.54, 1.807) is 24.4 Å². The minimum Gasteiger partial charge on any atom is -0.444 e. The Morgan fingerprint density at radius 2 is 1.96 bits per heavy atom. The highest BCUT2D eigenvalue weighted by Gasteiger charge is 2.14. The molecule has 0 aliphatic rings. The van der Waals surface area contributed by atoms with E-state index in [1.807, 2.05) is 0 Å². The third-order valence-electron chi connectivity index (χ3n) is 3.87. The molecule has 0 saturated carbocycles. The number of aromatic nitrogens is 4. The predicted octanol–water partition coefficient (Wildman–Crippen LogP) is 4.24. The maximum absolute atomic E-state index is 13.6. The molecule has 7 nitrogen and oxygen atoms in total. The van der Waals surface area contributed by atoms with E-state index in [0.717, 1.165) is 11.8 Å². The van der Waals surface area contributed by atoms with E-state index >= 15 is 0 Å². The molecule has 0 aliphatic carbocycles. The summed E-state index contributed by atoms with van der Waals surface area (Å²) in [6.45, 7) is 0. The highest BCUT2D eigenvalue weighted by Crippen LogP contribution is 2.31. The lowest BCUT2D eigenvalue weighted by molar-refractivity contribution is 0.102. The molecule has 28 heavy (non-hydrogen) atoms. The summed E-state index contributed by atoms with van der Waals surface area (Å²) in [4.78, 5) is 28.1. The van der Waals surface area contributed by atoms with Gasteiger partial charge in [0.1, 0.15) is 0 Å². The number of amides is 1. The SMILES string of the molecule is O=C(Nc1cnc(-c2cc(-c3cnco3)ccc2Cl)cn1)c1ccncc1F. The Labute approximate surface area is 163 Å². The normalized spacial score (nSPS) is 10.6. The second-order valence-electron chi connectivity index (χ2n) is 5.66. The Morgan fingerprint density at radius 1 is 1.07 bits per heavy atom. The third-order valence-corrected chi connectivity index (χ3v) is 4.20. The summed E-state index contributed by atoms with van der Waals surface area (Å²) in [5.74, 6) is -0.602. The van der Waals surface area contributed by atoms with Crippen molar-refractivity contribution in [2.45, 2.75) is 0 Å². The fraction of sp³-hybridized carbons (Fsp3) is 0. The lowest BCUT2D eigenvalue weighted by atomic mass is 10.1. The highest BCUT2D eigenvalue weighted by molar-refractivity contribution is 6.33. The molecule has 9 heteroatoms. The molecule has 3 aromatic heterocycles. The number of rotatable bonds is 4. The molecule has 4 rings (SSSR count). The number of carbonyl (C=O) groups is 1. The van der Waals surface area contributed by atoms with Crippen LogP contribution in [0.25, 0.3) is 22.6 Å². The van der Waals surface area contributed by atoms with E-state index in [-0.39, 0.29) is 11.4 Å². The van der Waals surface area contributed by atoms with Crippen LogP contribution in [-0.2, 0) is 0 Å². The first-order valence-electron chi connectivity index (χ1n) is 8.03. The van der Waals surface area contributed by atoms with E-state index in [9.17, 15) is 9.18 Å². The van der Waals surface area contributed by atoms with Gasteiger partial charge < -0.3 is 9.73 Å². The largest absolute Gasteiger partial charge is 0.444 e. The van der Waals surface area contributed by atoms with Crippen molar-refractivity contribution in [2.75, 3.05) is 5.32 Å². The van der Waals surface area contributed by atoms with Crippen molar-refractivity contribution in [3.05, 3.63) is 78.0 Å². The zero-order valence-corrected chi connectivity index (χ0v) is 14.9. The maximum Gasteiger partial charge on any atom is 0.259 e. The molecule has 3 heterocycles. The minimum absolute atomic E-state index is 0.135. The Bertz CT molecular complexity index is 1130. The molecular weight excluding hydrogens is 385 g/mol. The highest BCUT2D eigenvalue weighted by atomic mass is 35.5. The van der Waals surface area contributed by atoms with Crippen LogP contribution in [0.5, 0.6) is 0 Å². The predicted molar refractivity (Wildman–Crippen MR) is 100 cm³/mol. The van der Waals surface area contributed by atoms with E-state index < -0.39 is 11.7 Å². The fourth-order valence-electron chi connectivity index (χ4n) is 2.51. The van der Waals surface area contributed by atoms with Crippen LogP contribution in [-0.4, -0.2) is 25.8 Å². The summed E-state index contributed by atoms with van der Waals surface area (Å²) >= 11 is 6.28. The molecule has 0 atom stereocenters. The van der Waals surface area contributed by atoms with Crippen LogP contribution in [0.2, 0.25) is 5.02 Å². The van der Waals surface area contributed by atoms with Crippen molar-refractivity contribution in [2.24, 2.45) is 0 Å². The molecule has 4 aromatic rings. The number of benzene rings is 1. The van der Waals surface area contributed by atoms with Gasteiger partial charge in [-0.15, -0.1) is 0 Å². The van der Waals surface area contributed by atoms with Gasteiger partial charge in [0, 0.05) is 17.3 Å². The monoisotopic (exact) mass is 395 g/mol. The molecule has 0 spiro atoms. The van der Waals surface area contributed by atoms with Crippen LogP contribution in [0.15, 0.2) is 66.1 Å². The molecule has 0 bridgehead atoms. The first kappa shape index (κ1) is 17.7. The molecule has 1 amide bonds. The van der Waals surface area contributed by atoms with E-state index in [2.05, 4.69) is 25.3 Å². The summed E-state index contributed by atoms with van der Waals surface area (Å²) < 4.78 is 18.9. The lowest BCUT2D eigenvalue weighted by Crippen LogP contribution is -2.15. The average molecular weight is 396 g/mol. The maximum atomic E-state index is 13.6. The van der Waals surface area contributed by atoms with Crippen LogP contribution < -0.4 is 5.32 Å². The first-order chi connectivity index (χ1) is 13.6. The minimum atomic E-state index is -0.722. The number of anilines is 1. The Kier molecular flexibility index (Phi) is 4.77. The summed E-state index contributed by atoms with van der Waals surface area (Å²) in [5.41, 5.74) is 1.79. The number of halogens is 2. The van der Waals surface area contributed by atoms with Gasteiger partial charge in [0.15, 0.2) is 23.8 Å². The van der Waals surface area contributed by atoms with Crippen LogP contribution >= 0.6 is 11.6 Å². The van der Waals surface area contributed by atoms with Crippen molar-refractivity contribution in [1.29, 1.82) is 0 Å². The molecule has 0 fully saturated rings. The molecule has 0 unspecified atom stereocenters. The zero-order chi connectivity index (χ0) is 19.5. The van der Waals surface area contributed by atoms with E-state index in [1.165, 1.54) is 31.1 Å². The summed E-state index contributed by atoms with van der Waals surface area (Å²) in [6, 6.07) is 6.61. The summed E-state index contributed by atoms with van der Waals surface area (Å²) in [5, 5.41) is 2.97. The number of nitrogens with one attached hydrogen (secondary N) is 1. The second kappa shape index (κ2) is 7.53. The van der Waals surface area contributed by atoms with Gasteiger partial charge in [-0.1, -0.05) is 11.6 Å². The van der Waals surface area contributed by atoms with Gasteiger partial charge in [0.2, 0.25) is 0 Å². The molecule has 1 aromatic carbocycles. The fourth-order valence-corrected chi connectivity index (χ4v) is 2.72. The lowest BCUT2D eigenvalue weighted by Gasteiger charge is -2.08. The van der Waals surface area contributed by atoms with Gasteiger partial charge in [0.25, 0.3) is 5.91 Å². The quantitative estimate of drug-likeness (QED) is 0.555. The summed E-state index contributed by atoms with van der Waals surface area (Å²) in [6.07, 6.45) is 8.05. The first-order valence-corrected chi connectivity index (χ1v) is 8.41. The average Bonchev–Trinajstić information content (AvgIpc) is 3.24. The van der Waals surface area contributed by atoms with Gasteiger partial charge in [-0.3, -0.25) is 14.8 Å². The molecule has 0 saturated heterocycles. The molecule has 138 valence electrons. The number of oxazole rings is 1. The van der Waals surface area contributed by atoms with Crippen molar-refractivity contribution in [3.8, 4) is 22.6 Å². The number of carbonyl (C=O) groups excluding carboxylic acids is 1. The van der Waals surface area contributed by atoms with Gasteiger partial charge in [0.05, 0.1) is 41.1 Å². The van der Waals surface area contributed by atoms with Crippen molar-refractivity contribution in [1.82, 2.24) is 19.9 Å². The zero-order valence-electron chi connectivity index (χ0n) is 14.1. The van der Waals surface area contributed by atoms with Crippen LogP contribution in [0.3, 0.4) is 0 Å². The number of hydrogen-bond acceptors (Lipinski definition) is 6. The van der Waals surface area contributed by atoms with Gasteiger partial charge in [-0.25, -0.2) is 14.4 Å². The third kappa shape index (κ3) is 3.58. The molecule has 0 radical (unpaired) electrons. The second-order valence-corrected chi connectivity index (χ2v) is 6.06. The van der Waals surface area contributed by atoms with Crippen LogP contribution in [0.4, 0.5) is 10.2 Å². The van der Waals surface area contributed by atoms with Crippen molar-refractivity contribution in [3.63, 3.8) is 0 Å². The van der Waals surface area contributed by atoms with Crippen molar-refractivity contribution < 1.29 is 13.6 Å². The Hall–Kier alpha value is -3.65. The van der Waals surface area contributed by atoms with Crippen molar-refractivity contribution >= 4 is 23.3 Å². The van der Waals surface area contributed by atoms with Gasteiger partial charge >= 0.3 is 0 Å². The smallest absolute Gasteiger partial charge is 0.259 e. The van der Waals surface area contributed by atoms with E-state index in [4.69, 9.17) is 16.0 Å².